The Morgan fingerprint density at radius 1 is 1.10 bits per heavy atom. The summed E-state index contributed by atoms with van der Waals surface area (Å²) in [6.07, 6.45) is -4.11. The molecule has 1 aromatic rings. The maximum Gasteiger partial charge on any atom is 0.401 e. The molecule has 2 rings (SSSR count). The van der Waals surface area contributed by atoms with Crippen molar-refractivity contribution in [3.05, 3.63) is 29.3 Å². The molecule has 0 amide bonds. The second-order valence-corrected chi connectivity index (χ2v) is 5.37. The minimum absolute atomic E-state index is 0.450. The van der Waals surface area contributed by atoms with Crippen LogP contribution in [0, 0.1) is 6.92 Å². The standard InChI is InChI=1S/C14H20F3N3/c1-11-2-3-13(18)12(8-11)9-19-4-6-20(7-5-19)10-14(15,16)17/h2-3,8H,4-7,9-10,18H2,1H3. The first-order valence-corrected chi connectivity index (χ1v) is 6.70. The SMILES string of the molecule is Cc1ccc(N)c(CN2CCN(CC(F)(F)F)CC2)c1. The van der Waals surface area contributed by atoms with Gasteiger partial charge in [-0.3, -0.25) is 9.80 Å². The number of hydrogen-bond donors (Lipinski definition) is 1. The summed E-state index contributed by atoms with van der Waals surface area (Å²) in [7, 11) is 0. The Balaban J connectivity index is 1.87. The lowest BCUT2D eigenvalue weighted by molar-refractivity contribution is -0.149. The van der Waals surface area contributed by atoms with Gasteiger partial charge in [-0.15, -0.1) is 0 Å². The van der Waals surface area contributed by atoms with Gasteiger partial charge >= 0.3 is 6.18 Å². The minimum Gasteiger partial charge on any atom is -0.398 e. The summed E-state index contributed by atoms with van der Waals surface area (Å²) in [6, 6.07) is 5.88. The maximum atomic E-state index is 12.3. The first-order chi connectivity index (χ1) is 9.33. The molecule has 1 aliphatic rings. The number of piperazine rings is 1. The zero-order valence-electron chi connectivity index (χ0n) is 11.6. The van der Waals surface area contributed by atoms with Gasteiger partial charge in [-0.05, 0) is 18.6 Å². The zero-order valence-corrected chi connectivity index (χ0v) is 11.6. The van der Waals surface area contributed by atoms with Gasteiger partial charge in [0.2, 0.25) is 0 Å². The molecule has 0 aromatic heterocycles. The molecule has 6 heteroatoms. The second-order valence-electron chi connectivity index (χ2n) is 5.37. The van der Waals surface area contributed by atoms with Gasteiger partial charge in [0.25, 0.3) is 0 Å². The molecule has 112 valence electrons. The summed E-state index contributed by atoms with van der Waals surface area (Å²) in [5, 5.41) is 0. The van der Waals surface area contributed by atoms with Crippen molar-refractivity contribution in [2.75, 3.05) is 38.5 Å². The van der Waals surface area contributed by atoms with Crippen LogP contribution in [0.4, 0.5) is 18.9 Å². The van der Waals surface area contributed by atoms with E-state index in [1.807, 2.05) is 25.1 Å². The highest BCUT2D eigenvalue weighted by Crippen LogP contribution is 2.20. The first kappa shape index (κ1) is 15.1. The predicted molar refractivity (Wildman–Crippen MR) is 73.4 cm³/mol. The molecule has 0 unspecified atom stereocenters. The number of rotatable bonds is 3. The minimum atomic E-state index is -4.11. The first-order valence-electron chi connectivity index (χ1n) is 6.70. The molecule has 0 spiro atoms. The summed E-state index contributed by atoms with van der Waals surface area (Å²) < 4.78 is 36.9. The fourth-order valence-corrected chi connectivity index (χ4v) is 2.47. The van der Waals surface area contributed by atoms with E-state index in [1.54, 1.807) is 0 Å². The lowest BCUT2D eigenvalue weighted by Crippen LogP contribution is -2.48. The van der Waals surface area contributed by atoms with Crippen LogP contribution < -0.4 is 5.73 Å². The van der Waals surface area contributed by atoms with E-state index in [-0.39, 0.29) is 0 Å². The fourth-order valence-electron chi connectivity index (χ4n) is 2.47. The molecule has 0 aliphatic carbocycles. The van der Waals surface area contributed by atoms with Crippen LogP contribution in [0.2, 0.25) is 0 Å². The van der Waals surface area contributed by atoms with Gasteiger partial charge in [0.1, 0.15) is 0 Å². The van der Waals surface area contributed by atoms with Gasteiger partial charge < -0.3 is 5.73 Å². The molecular formula is C14H20F3N3. The quantitative estimate of drug-likeness (QED) is 0.866. The molecule has 1 aliphatic heterocycles. The molecule has 2 N–H and O–H groups in total. The smallest absolute Gasteiger partial charge is 0.398 e. The highest BCUT2D eigenvalue weighted by atomic mass is 19.4. The van der Waals surface area contributed by atoms with Crippen molar-refractivity contribution in [1.82, 2.24) is 9.80 Å². The number of hydrogen-bond acceptors (Lipinski definition) is 3. The molecule has 0 saturated carbocycles. The van der Waals surface area contributed by atoms with Crippen molar-refractivity contribution in [1.29, 1.82) is 0 Å². The highest BCUT2D eigenvalue weighted by Gasteiger charge is 2.32. The second kappa shape index (κ2) is 6.01. The Morgan fingerprint density at radius 3 is 2.30 bits per heavy atom. The van der Waals surface area contributed by atoms with Gasteiger partial charge in [0.15, 0.2) is 0 Å². The Labute approximate surface area is 117 Å². The number of alkyl halides is 3. The van der Waals surface area contributed by atoms with E-state index in [1.165, 1.54) is 4.90 Å². The summed E-state index contributed by atoms with van der Waals surface area (Å²) in [5.74, 6) is 0. The van der Waals surface area contributed by atoms with E-state index >= 15 is 0 Å². The van der Waals surface area contributed by atoms with Gasteiger partial charge in [-0.2, -0.15) is 13.2 Å². The number of nitrogens with zero attached hydrogens (tertiary/aromatic N) is 2. The molecule has 20 heavy (non-hydrogen) atoms. The van der Waals surface area contributed by atoms with E-state index in [0.29, 0.717) is 32.7 Å². The molecule has 0 bridgehead atoms. The van der Waals surface area contributed by atoms with Crippen molar-refractivity contribution < 1.29 is 13.2 Å². The number of aryl methyl sites for hydroxylation is 1. The molecule has 1 fully saturated rings. The van der Waals surface area contributed by atoms with Crippen LogP contribution in [-0.4, -0.2) is 48.7 Å². The zero-order chi connectivity index (χ0) is 14.8. The van der Waals surface area contributed by atoms with Crippen molar-refractivity contribution in [3.63, 3.8) is 0 Å². The van der Waals surface area contributed by atoms with Gasteiger partial charge in [0, 0.05) is 38.4 Å². The lowest BCUT2D eigenvalue weighted by Gasteiger charge is -2.35. The van der Waals surface area contributed by atoms with Crippen LogP contribution in [0.1, 0.15) is 11.1 Å². The number of halogens is 3. The Morgan fingerprint density at radius 2 is 1.70 bits per heavy atom. The van der Waals surface area contributed by atoms with E-state index < -0.39 is 12.7 Å². The summed E-state index contributed by atoms with van der Waals surface area (Å²) in [6.45, 7) is 4.08. The van der Waals surface area contributed by atoms with Crippen LogP contribution in [0.3, 0.4) is 0 Å². The van der Waals surface area contributed by atoms with Crippen molar-refractivity contribution in [2.45, 2.75) is 19.6 Å². The fraction of sp³-hybridized carbons (Fsp3) is 0.571. The van der Waals surface area contributed by atoms with Crippen molar-refractivity contribution in [3.8, 4) is 0 Å². The van der Waals surface area contributed by atoms with E-state index in [4.69, 9.17) is 5.73 Å². The third kappa shape index (κ3) is 4.38. The molecule has 1 heterocycles. The average molecular weight is 287 g/mol. The normalized spacial score (nSPS) is 18.4. The number of benzene rings is 1. The van der Waals surface area contributed by atoms with Crippen molar-refractivity contribution >= 4 is 5.69 Å². The summed E-state index contributed by atoms with van der Waals surface area (Å²) >= 11 is 0. The lowest BCUT2D eigenvalue weighted by atomic mass is 10.1. The third-order valence-electron chi connectivity index (χ3n) is 3.56. The molecule has 1 saturated heterocycles. The molecular weight excluding hydrogens is 267 g/mol. The van der Waals surface area contributed by atoms with E-state index in [0.717, 1.165) is 16.8 Å². The number of anilines is 1. The van der Waals surface area contributed by atoms with Crippen LogP contribution in [-0.2, 0) is 6.54 Å². The largest absolute Gasteiger partial charge is 0.401 e. The van der Waals surface area contributed by atoms with Gasteiger partial charge in [-0.1, -0.05) is 17.7 Å². The van der Waals surface area contributed by atoms with Gasteiger partial charge in [0.05, 0.1) is 6.54 Å². The van der Waals surface area contributed by atoms with E-state index in [2.05, 4.69) is 4.90 Å². The van der Waals surface area contributed by atoms with Crippen LogP contribution >= 0.6 is 0 Å². The predicted octanol–water partition coefficient (Wildman–Crippen LogP) is 2.26. The highest BCUT2D eigenvalue weighted by molar-refractivity contribution is 5.48. The average Bonchev–Trinajstić information content (AvgIpc) is 2.34. The van der Waals surface area contributed by atoms with Crippen LogP contribution in [0.15, 0.2) is 18.2 Å². The third-order valence-corrected chi connectivity index (χ3v) is 3.56. The number of nitrogen functional groups attached to an aromatic ring is 1. The molecule has 0 atom stereocenters. The Kier molecular flexibility index (Phi) is 4.55. The Hall–Kier alpha value is -1.27. The van der Waals surface area contributed by atoms with Crippen molar-refractivity contribution in [2.24, 2.45) is 0 Å². The maximum absolute atomic E-state index is 12.3. The summed E-state index contributed by atoms with van der Waals surface area (Å²) in [4.78, 5) is 3.61. The van der Waals surface area contributed by atoms with Crippen LogP contribution in [0.5, 0.6) is 0 Å². The number of nitrogens with two attached hydrogens (primary N) is 1. The monoisotopic (exact) mass is 287 g/mol. The van der Waals surface area contributed by atoms with Crippen LogP contribution in [0.25, 0.3) is 0 Å². The van der Waals surface area contributed by atoms with E-state index in [9.17, 15) is 13.2 Å². The topological polar surface area (TPSA) is 32.5 Å². The Bertz CT molecular complexity index is 451. The van der Waals surface area contributed by atoms with Gasteiger partial charge in [-0.25, -0.2) is 0 Å². The summed E-state index contributed by atoms with van der Waals surface area (Å²) in [5.41, 5.74) is 8.87. The molecule has 0 radical (unpaired) electrons. The molecule has 3 nitrogen and oxygen atoms in total. The molecule has 1 aromatic carbocycles.